The number of carbonyl (C=O) groups excluding carboxylic acids is 2. The third-order valence-corrected chi connectivity index (χ3v) is 9.15. The molecule has 1 spiro atoms. The lowest BCUT2D eigenvalue weighted by molar-refractivity contribution is -0.267. The van der Waals surface area contributed by atoms with E-state index in [2.05, 4.69) is 20.8 Å². The Bertz CT molecular complexity index is 718. The molecule has 0 bridgehead atoms. The van der Waals surface area contributed by atoms with Crippen LogP contribution in [0.1, 0.15) is 66.2 Å². The molecule has 5 rings (SSSR count). The summed E-state index contributed by atoms with van der Waals surface area (Å²) < 4.78 is 17.3. The van der Waals surface area contributed by atoms with Gasteiger partial charge in [-0.3, -0.25) is 9.59 Å². The molecule has 0 aromatic heterocycles. The summed E-state index contributed by atoms with van der Waals surface area (Å²) in [4.78, 5) is 24.5. The van der Waals surface area contributed by atoms with E-state index in [1.165, 1.54) is 6.92 Å². The summed E-state index contributed by atoms with van der Waals surface area (Å²) >= 11 is 0. The van der Waals surface area contributed by atoms with E-state index in [4.69, 9.17) is 14.2 Å². The van der Waals surface area contributed by atoms with E-state index in [0.717, 1.165) is 32.1 Å². The van der Waals surface area contributed by atoms with Crippen molar-refractivity contribution in [1.82, 2.24) is 0 Å². The second-order valence-electron chi connectivity index (χ2n) is 10.8. The SMILES string of the molecule is CC(=O)OC1CC23C(O)OC4OC(=O)C(CCC2C2(C)CCCC(C)(C)C12)C43. The molecule has 28 heavy (non-hydrogen) atoms. The van der Waals surface area contributed by atoms with Crippen molar-refractivity contribution in [3.05, 3.63) is 0 Å². The van der Waals surface area contributed by atoms with Gasteiger partial charge >= 0.3 is 11.9 Å². The first-order valence-corrected chi connectivity index (χ1v) is 10.8. The van der Waals surface area contributed by atoms with Crippen LogP contribution in [0.2, 0.25) is 0 Å². The number of hydrogen-bond donors (Lipinski definition) is 1. The van der Waals surface area contributed by atoms with E-state index in [0.29, 0.717) is 6.42 Å². The number of aliphatic hydroxyl groups is 1. The van der Waals surface area contributed by atoms with Crippen LogP contribution in [-0.4, -0.2) is 35.7 Å². The predicted octanol–water partition coefficient (Wildman–Crippen LogP) is 3.01. The van der Waals surface area contributed by atoms with Gasteiger partial charge in [0.2, 0.25) is 6.29 Å². The Morgan fingerprint density at radius 2 is 1.96 bits per heavy atom. The Morgan fingerprint density at radius 3 is 2.68 bits per heavy atom. The van der Waals surface area contributed by atoms with Crippen molar-refractivity contribution in [2.75, 3.05) is 0 Å². The molecule has 6 heteroatoms. The topological polar surface area (TPSA) is 82.1 Å². The van der Waals surface area contributed by atoms with Crippen LogP contribution in [0.15, 0.2) is 0 Å². The van der Waals surface area contributed by atoms with Gasteiger partial charge in [0.15, 0.2) is 6.29 Å². The Balaban J connectivity index is 1.66. The first kappa shape index (κ1) is 18.9. The summed E-state index contributed by atoms with van der Waals surface area (Å²) in [5, 5.41) is 11.2. The Hall–Kier alpha value is -1.14. The van der Waals surface area contributed by atoms with Gasteiger partial charge in [-0.25, -0.2) is 0 Å². The molecule has 0 amide bonds. The molecule has 3 aliphatic carbocycles. The maximum absolute atomic E-state index is 12.4. The summed E-state index contributed by atoms with van der Waals surface area (Å²) in [5.74, 6) is -0.372. The molecular weight excluding hydrogens is 360 g/mol. The molecule has 2 heterocycles. The summed E-state index contributed by atoms with van der Waals surface area (Å²) in [6.07, 6.45) is 3.60. The number of ether oxygens (including phenoxy) is 3. The average Bonchev–Trinajstić information content (AvgIpc) is 3.02. The summed E-state index contributed by atoms with van der Waals surface area (Å²) in [7, 11) is 0. The van der Waals surface area contributed by atoms with Crippen molar-refractivity contribution in [1.29, 1.82) is 0 Å². The van der Waals surface area contributed by atoms with E-state index < -0.39 is 18.0 Å². The molecule has 2 aliphatic heterocycles. The normalized spacial score (nSPS) is 53.6. The second kappa shape index (κ2) is 5.72. The first-order chi connectivity index (χ1) is 13.1. The van der Waals surface area contributed by atoms with Crippen molar-refractivity contribution >= 4 is 11.9 Å². The molecule has 9 atom stereocenters. The molecular formula is C22H32O6. The van der Waals surface area contributed by atoms with Gasteiger partial charge in [-0.15, -0.1) is 0 Å². The third-order valence-electron chi connectivity index (χ3n) is 9.15. The summed E-state index contributed by atoms with van der Waals surface area (Å²) in [5.41, 5.74) is -0.605. The van der Waals surface area contributed by atoms with E-state index >= 15 is 0 Å². The smallest absolute Gasteiger partial charge is 0.311 e. The molecule has 5 fully saturated rings. The minimum Gasteiger partial charge on any atom is -0.462 e. The lowest BCUT2D eigenvalue weighted by atomic mass is 9.38. The zero-order valence-corrected chi connectivity index (χ0v) is 17.3. The van der Waals surface area contributed by atoms with Gasteiger partial charge in [0.05, 0.1) is 5.92 Å². The largest absolute Gasteiger partial charge is 0.462 e. The zero-order chi connectivity index (χ0) is 20.1. The summed E-state index contributed by atoms with van der Waals surface area (Å²) in [6.45, 7) is 8.38. The van der Waals surface area contributed by atoms with E-state index in [1.54, 1.807) is 0 Å². The van der Waals surface area contributed by atoms with E-state index in [1.807, 2.05) is 0 Å². The average molecular weight is 392 g/mol. The van der Waals surface area contributed by atoms with Crippen molar-refractivity contribution in [3.8, 4) is 0 Å². The van der Waals surface area contributed by atoms with Crippen LogP contribution in [0.3, 0.4) is 0 Å². The lowest BCUT2D eigenvalue weighted by Gasteiger charge is -2.66. The third kappa shape index (κ3) is 2.16. The number of fused-ring (bicyclic) bond motifs is 2. The molecule has 156 valence electrons. The maximum atomic E-state index is 12.4. The van der Waals surface area contributed by atoms with Gasteiger partial charge < -0.3 is 19.3 Å². The highest BCUT2D eigenvalue weighted by Crippen LogP contribution is 2.73. The monoisotopic (exact) mass is 392 g/mol. The van der Waals surface area contributed by atoms with Crippen LogP contribution in [0.4, 0.5) is 0 Å². The maximum Gasteiger partial charge on any atom is 0.311 e. The highest BCUT2D eigenvalue weighted by atomic mass is 16.8. The Kier molecular flexibility index (Phi) is 3.85. The van der Waals surface area contributed by atoms with E-state index in [-0.39, 0.29) is 52.5 Å². The minimum absolute atomic E-state index is 0.0530. The second-order valence-corrected chi connectivity index (χ2v) is 10.8. The standard InChI is InChI=1S/C22H32O6/c1-11(23)26-13-10-22-14(21(4)9-5-8-20(2,3)16(13)21)7-6-12-15(22)18(27-17(12)24)28-19(22)25/h12-16,18-19,25H,5-10H2,1-4H3. The molecule has 1 N–H and O–H groups in total. The van der Waals surface area contributed by atoms with Crippen LogP contribution in [0.5, 0.6) is 0 Å². The molecule has 0 radical (unpaired) electrons. The molecule has 3 saturated carbocycles. The van der Waals surface area contributed by atoms with Crippen molar-refractivity contribution < 1.29 is 28.9 Å². The number of hydrogen-bond acceptors (Lipinski definition) is 6. The van der Waals surface area contributed by atoms with Gasteiger partial charge in [-0.2, -0.15) is 0 Å². The highest BCUT2D eigenvalue weighted by Gasteiger charge is 2.76. The van der Waals surface area contributed by atoms with Gasteiger partial charge in [0.1, 0.15) is 6.10 Å². The fourth-order valence-electron chi connectivity index (χ4n) is 8.65. The van der Waals surface area contributed by atoms with Gasteiger partial charge in [0, 0.05) is 24.2 Å². The molecule has 2 saturated heterocycles. The fraction of sp³-hybridized carbons (Fsp3) is 0.909. The van der Waals surface area contributed by atoms with Crippen molar-refractivity contribution in [3.63, 3.8) is 0 Å². The Morgan fingerprint density at radius 1 is 1.21 bits per heavy atom. The predicted molar refractivity (Wildman–Crippen MR) is 98.5 cm³/mol. The van der Waals surface area contributed by atoms with Gasteiger partial charge in [-0.05, 0) is 48.9 Å². The first-order valence-electron chi connectivity index (χ1n) is 10.8. The van der Waals surface area contributed by atoms with E-state index in [9.17, 15) is 14.7 Å². The van der Waals surface area contributed by atoms with Gasteiger partial charge in [-0.1, -0.05) is 27.2 Å². The van der Waals surface area contributed by atoms with Crippen LogP contribution in [0.25, 0.3) is 0 Å². The zero-order valence-electron chi connectivity index (χ0n) is 17.3. The quantitative estimate of drug-likeness (QED) is 0.691. The number of esters is 2. The fourth-order valence-corrected chi connectivity index (χ4v) is 8.65. The number of carbonyl (C=O) groups is 2. The minimum atomic E-state index is -0.982. The van der Waals surface area contributed by atoms with Crippen LogP contribution < -0.4 is 0 Å². The highest BCUT2D eigenvalue weighted by molar-refractivity contribution is 5.75. The number of rotatable bonds is 1. The van der Waals surface area contributed by atoms with Crippen molar-refractivity contribution in [2.45, 2.75) is 84.9 Å². The Labute approximate surface area is 166 Å². The van der Waals surface area contributed by atoms with Gasteiger partial charge in [0.25, 0.3) is 0 Å². The van der Waals surface area contributed by atoms with Crippen LogP contribution in [-0.2, 0) is 23.8 Å². The van der Waals surface area contributed by atoms with Crippen molar-refractivity contribution in [2.24, 2.45) is 39.9 Å². The number of aliphatic hydroxyl groups excluding tert-OH is 1. The molecule has 9 unspecified atom stereocenters. The summed E-state index contributed by atoms with van der Waals surface area (Å²) in [6, 6.07) is 0. The molecule has 0 aromatic carbocycles. The van der Waals surface area contributed by atoms with Crippen LogP contribution >= 0.6 is 0 Å². The lowest BCUT2D eigenvalue weighted by Crippen LogP contribution is -2.66. The van der Waals surface area contributed by atoms with Crippen LogP contribution in [0, 0.1) is 39.9 Å². The molecule has 0 aromatic rings. The molecule has 5 aliphatic rings. The molecule has 6 nitrogen and oxygen atoms in total.